The molecule has 2 aromatic rings. The lowest BCUT2D eigenvalue weighted by Crippen LogP contribution is -2.48. The number of carbonyl (C=O) groups excluding carboxylic acids is 4. The molecule has 10 heteroatoms. The molecule has 1 saturated heterocycles. The summed E-state index contributed by atoms with van der Waals surface area (Å²) in [5, 5.41) is 5.75. The molecule has 9 nitrogen and oxygen atoms in total. The Morgan fingerprint density at radius 3 is 2.51 bits per heavy atom. The largest absolute Gasteiger partial charge is 0.325 e. The van der Waals surface area contributed by atoms with E-state index in [1.165, 1.54) is 9.80 Å². The smallest absolute Gasteiger partial charge is 0.324 e. The average Bonchev–Trinajstić information content (AvgIpc) is 3.61. The number of hydrogen-bond acceptors (Lipinski definition) is 5. The van der Waals surface area contributed by atoms with Gasteiger partial charge in [-0.05, 0) is 48.2 Å². The Kier molecular flexibility index (Phi) is 5.38. The summed E-state index contributed by atoms with van der Waals surface area (Å²) in [6.45, 7) is -0.189. The van der Waals surface area contributed by atoms with Crippen molar-refractivity contribution in [3.05, 3.63) is 64.2 Å². The molecule has 0 unspecified atom stereocenters. The molecule has 0 bridgehead atoms. The summed E-state index contributed by atoms with van der Waals surface area (Å²) < 4.78 is 0. The molecule has 1 atom stereocenters. The second-order valence-electron chi connectivity index (χ2n) is 10.3. The van der Waals surface area contributed by atoms with Crippen LogP contribution in [0.15, 0.2) is 47.5 Å². The number of nitrogens with zero attached hydrogens (tertiary/aromatic N) is 3. The van der Waals surface area contributed by atoms with Gasteiger partial charge in [0.2, 0.25) is 5.91 Å². The van der Waals surface area contributed by atoms with E-state index in [4.69, 9.17) is 16.6 Å². The fourth-order valence-electron chi connectivity index (χ4n) is 6.06. The molecule has 2 fully saturated rings. The molecule has 5 amide bonds. The molecule has 6 rings (SSSR count). The average molecular weight is 520 g/mol. The van der Waals surface area contributed by atoms with E-state index < -0.39 is 17.1 Å². The van der Waals surface area contributed by atoms with Gasteiger partial charge in [0.25, 0.3) is 11.8 Å². The minimum absolute atomic E-state index is 0.161. The number of amides is 5. The van der Waals surface area contributed by atoms with Crippen LogP contribution >= 0.6 is 11.6 Å². The number of likely N-dealkylation sites (N-methyl/N-ethyl adjacent to an activating group) is 1. The summed E-state index contributed by atoms with van der Waals surface area (Å²) in [4.78, 5) is 59.0. The lowest BCUT2D eigenvalue weighted by Gasteiger charge is -2.27. The highest BCUT2D eigenvalue weighted by Gasteiger charge is 2.54. The first-order valence-corrected chi connectivity index (χ1v) is 12.8. The summed E-state index contributed by atoms with van der Waals surface area (Å²) in [6, 6.07) is 12.3. The van der Waals surface area contributed by atoms with Crippen LogP contribution in [0, 0.1) is 0 Å². The van der Waals surface area contributed by atoms with E-state index in [9.17, 15) is 19.2 Å². The number of nitrogens with one attached hydrogen (secondary N) is 2. The first-order chi connectivity index (χ1) is 17.7. The Morgan fingerprint density at radius 2 is 1.81 bits per heavy atom. The second-order valence-corrected chi connectivity index (χ2v) is 10.7. The van der Waals surface area contributed by atoms with E-state index in [-0.39, 0.29) is 24.3 Å². The first kappa shape index (κ1) is 23.7. The minimum Gasteiger partial charge on any atom is -0.325 e. The van der Waals surface area contributed by atoms with Crippen LogP contribution in [0.5, 0.6) is 0 Å². The van der Waals surface area contributed by atoms with Crippen LogP contribution in [0.4, 0.5) is 10.5 Å². The first-order valence-electron chi connectivity index (χ1n) is 12.4. The molecular weight excluding hydrogens is 494 g/mol. The van der Waals surface area contributed by atoms with Crippen molar-refractivity contribution in [3.63, 3.8) is 0 Å². The van der Waals surface area contributed by atoms with Crippen LogP contribution in [0.1, 0.15) is 42.4 Å². The highest BCUT2D eigenvalue weighted by molar-refractivity contribution is 6.35. The lowest BCUT2D eigenvalue weighted by molar-refractivity contribution is -0.133. The molecule has 37 heavy (non-hydrogen) atoms. The summed E-state index contributed by atoms with van der Waals surface area (Å²) in [7, 11) is 1.62. The number of hydrogen-bond donors (Lipinski definition) is 2. The Labute approximate surface area is 218 Å². The highest BCUT2D eigenvalue weighted by Crippen LogP contribution is 2.41. The molecule has 0 radical (unpaired) electrons. The summed E-state index contributed by atoms with van der Waals surface area (Å²) in [5.41, 5.74) is 1.30. The van der Waals surface area contributed by atoms with E-state index >= 15 is 0 Å². The van der Waals surface area contributed by atoms with Crippen LogP contribution in [0.3, 0.4) is 0 Å². The van der Waals surface area contributed by atoms with Crippen molar-refractivity contribution in [2.24, 2.45) is 4.99 Å². The molecule has 2 heterocycles. The molecule has 190 valence electrons. The second kappa shape index (κ2) is 8.41. The maximum absolute atomic E-state index is 13.5. The number of urea groups is 1. The van der Waals surface area contributed by atoms with Crippen molar-refractivity contribution in [2.45, 2.75) is 49.6 Å². The number of aliphatic imine (C=N–C) groups is 1. The summed E-state index contributed by atoms with van der Waals surface area (Å²) >= 11 is 6.44. The Balaban J connectivity index is 1.22. The van der Waals surface area contributed by atoms with Crippen LogP contribution < -0.4 is 10.6 Å². The Morgan fingerprint density at radius 1 is 1.08 bits per heavy atom. The van der Waals surface area contributed by atoms with Crippen LogP contribution in [0.2, 0.25) is 5.02 Å². The van der Waals surface area contributed by atoms with E-state index in [2.05, 4.69) is 10.6 Å². The fraction of sp³-hybridized carbons (Fsp3) is 0.370. The molecule has 2 aliphatic carbocycles. The normalized spacial score (nSPS) is 23.7. The van der Waals surface area contributed by atoms with Crippen molar-refractivity contribution in [3.8, 4) is 0 Å². The predicted molar refractivity (Wildman–Crippen MR) is 137 cm³/mol. The molecule has 2 spiro atoms. The SMILES string of the molecule is CN1C(=O)NC(=O)[C@@]12Cc1ccc(NC(=O)CN3C(=O)C4(CCCC4)N=C3c3ccccc3Cl)cc1C2. The van der Waals surface area contributed by atoms with Gasteiger partial charge in [-0.2, -0.15) is 0 Å². The molecule has 0 aromatic heterocycles. The lowest BCUT2D eigenvalue weighted by atomic mass is 9.95. The van der Waals surface area contributed by atoms with Gasteiger partial charge in [-0.3, -0.25) is 29.6 Å². The summed E-state index contributed by atoms with van der Waals surface area (Å²) in [5.74, 6) is -0.391. The molecule has 4 aliphatic rings. The zero-order valence-electron chi connectivity index (χ0n) is 20.3. The monoisotopic (exact) mass is 519 g/mol. The van der Waals surface area contributed by atoms with Gasteiger partial charge in [-0.1, -0.05) is 42.6 Å². The van der Waals surface area contributed by atoms with Gasteiger partial charge in [0.15, 0.2) is 0 Å². The van der Waals surface area contributed by atoms with Gasteiger partial charge in [-0.25, -0.2) is 4.79 Å². The third-order valence-electron chi connectivity index (χ3n) is 8.11. The fourth-order valence-corrected chi connectivity index (χ4v) is 6.28. The van der Waals surface area contributed by atoms with Gasteiger partial charge in [0.1, 0.15) is 23.5 Å². The van der Waals surface area contributed by atoms with Gasteiger partial charge >= 0.3 is 6.03 Å². The summed E-state index contributed by atoms with van der Waals surface area (Å²) in [6.07, 6.45) is 3.95. The van der Waals surface area contributed by atoms with Gasteiger partial charge < -0.3 is 10.2 Å². The number of anilines is 1. The standard InChI is InChI=1S/C27H26ClN5O4/c1-32-25(37)30-23(35)27(32)13-16-8-9-18(12-17(16)14-27)29-21(34)15-33-22(19-6-2-3-7-20(19)28)31-26(24(33)36)10-4-5-11-26/h2-3,6-9,12H,4-5,10-11,13-15H2,1H3,(H,29,34)(H,30,35,37)/t27-/m0/s1. The van der Waals surface area contributed by atoms with Gasteiger partial charge in [-0.15, -0.1) is 0 Å². The number of benzene rings is 2. The molecule has 1 saturated carbocycles. The predicted octanol–water partition coefficient (Wildman–Crippen LogP) is 2.90. The Bertz CT molecular complexity index is 1400. The zero-order valence-corrected chi connectivity index (χ0v) is 21.1. The quantitative estimate of drug-likeness (QED) is 0.605. The third kappa shape index (κ3) is 3.63. The van der Waals surface area contributed by atoms with Crippen molar-refractivity contribution in [1.29, 1.82) is 0 Å². The molecular formula is C27H26ClN5O4. The van der Waals surface area contributed by atoms with Crippen molar-refractivity contribution in [2.75, 3.05) is 18.9 Å². The van der Waals surface area contributed by atoms with Crippen LogP contribution in [-0.4, -0.2) is 64.1 Å². The van der Waals surface area contributed by atoms with E-state index in [1.807, 2.05) is 30.3 Å². The maximum Gasteiger partial charge on any atom is 0.324 e. The van der Waals surface area contributed by atoms with E-state index in [0.717, 1.165) is 24.0 Å². The highest BCUT2D eigenvalue weighted by atomic mass is 35.5. The van der Waals surface area contributed by atoms with Gasteiger partial charge in [0, 0.05) is 31.1 Å². The number of amidine groups is 1. The topological polar surface area (TPSA) is 111 Å². The van der Waals surface area contributed by atoms with Crippen LogP contribution in [0.25, 0.3) is 0 Å². The van der Waals surface area contributed by atoms with Crippen molar-refractivity contribution < 1.29 is 19.2 Å². The minimum atomic E-state index is -0.931. The molecule has 2 aromatic carbocycles. The molecule has 2 N–H and O–H groups in total. The van der Waals surface area contributed by atoms with E-state index in [1.54, 1.807) is 19.2 Å². The van der Waals surface area contributed by atoms with Crippen LogP contribution in [-0.2, 0) is 27.2 Å². The number of carbonyl (C=O) groups is 4. The van der Waals surface area contributed by atoms with E-state index in [0.29, 0.717) is 47.8 Å². The maximum atomic E-state index is 13.5. The Hall–Kier alpha value is -3.72. The number of imide groups is 1. The number of fused-ring (bicyclic) bond motifs is 1. The number of rotatable bonds is 4. The van der Waals surface area contributed by atoms with Crippen molar-refractivity contribution in [1.82, 2.24) is 15.1 Å². The number of halogens is 1. The van der Waals surface area contributed by atoms with Crippen molar-refractivity contribution >= 4 is 46.9 Å². The van der Waals surface area contributed by atoms with Gasteiger partial charge in [0.05, 0.1) is 5.02 Å². The molecule has 2 aliphatic heterocycles. The zero-order chi connectivity index (χ0) is 25.9. The third-order valence-corrected chi connectivity index (χ3v) is 8.44.